The van der Waals surface area contributed by atoms with E-state index in [-0.39, 0.29) is 5.82 Å². The second kappa shape index (κ2) is 4.78. The predicted molar refractivity (Wildman–Crippen MR) is 62.3 cm³/mol. The van der Waals surface area contributed by atoms with Gasteiger partial charge in [-0.1, -0.05) is 12.1 Å². The van der Waals surface area contributed by atoms with Crippen molar-refractivity contribution >= 4 is 11.5 Å². The summed E-state index contributed by atoms with van der Waals surface area (Å²) in [4.78, 5) is 3.62. The van der Waals surface area contributed by atoms with Gasteiger partial charge in [-0.2, -0.15) is 0 Å². The van der Waals surface area contributed by atoms with Crippen molar-refractivity contribution in [3.8, 4) is 0 Å². The summed E-state index contributed by atoms with van der Waals surface area (Å²) in [5.74, 6) is -1.39. The number of halogens is 2. The lowest BCUT2D eigenvalue weighted by Crippen LogP contribution is -2.04. The fourth-order valence-corrected chi connectivity index (χ4v) is 1.43. The molecule has 1 aromatic carbocycles. The van der Waals surface area contributed by atoms with Gasteiger partial charge in [-0.15, -0.1) is 0 Å². The van der Waals surface area contributed by atoms with Crippen molar-refractivity contribution in [3.05, 3.63) is 53.7 Å². The van der Waals surface area contributed by atoms with Crippen molar-refractivity contribution in [1.82, 2.24) is 4.98 Å². The van der Waals surface area contributed by atoms with Crippen molar-refractivity contribution in [1.29, 1.82) is 0 Å². The van der Waals surface area contributed by atoms with Crippen molar-refractivity contribution in [2.75, 3.05) is 11.1 Å². The van der Waals surface area contributed by atoms with E-state index in [9.17, 15) is 8.78 Å². The molecule has 0 aliphatic carbocycles. The van der Waals surface area contributed by atoms with Crippen molar-refractivity contribution < 1.29 is 8.78 Å². The Kier molecular flexibility index (Phi) is 3.18. The van der Waals surface area contributed by atoms with E-state index in [1.165, 1.54) is 0 Å². The Labute approximate surface area is 97.3 Å². The van der Waals surface area contributed by atoms with Gasteiger partial charge >= 0.3 is 0 Å². The van der Waals surface area contributed by atoms with Gasteiger partial charge in [0.15, 0.2) is 11.6 Å². The normalized spacial score (nSPS) is 10.2. The molecular formula is C12H11F2N3. The largest absolute Gasteiger partial charge is 0.399 e. The van der Waals surface area contributed by atoms with Gasteiger partial charge in [0.2, 0.25) is 0 Å². The Hall–Kier alpha value is -2.17. The van der Waals surface area contributed by atoms with Crippen LogP contribution in [-0.2, 0) is 6.54 Å². The highest BCUT2D eigenvalue weighted by atomic mass is 19.1. The average Bonchev–Trinajstić information content (AvgIpc) is 2.28. The third-order valence-corrected chi connectivity index (χ3v) is 2.22. The van der Waals surface area contributed by atoms with Crippen molar-refractivity contribution in [2.24, 2.45) is 0 Å². The minimum atomic E-state index is -0.714. The molecule has 0 bridgehead atoms. The number of rotatable bonds is 3. The van der Waals surface area contributed by atoms with E-state index in [1.807, 2.05) is 6.07 Å². The fourth-order valence-electron chi connectivity index (χ4n) is 1.43. The fraction of sp³-hybridized carbons (Fsp3) is 0.0833. The molecule has 0 spiro atoms. The van der Waals surface area contributed by atoms with Gasteiger partial charge in [0, 0.05) is 18.3 Å². The first-order valence-corrected chi connectivity index (χ1v) is 5.04. The molecule has 88 valence electrons. The maximum Gasteiger partial charge on any atom is 0.168 e. The lowest BCUT2D eigenvalue weighted by Gasteiger charge is -2.07. The number of hydrogen-bond donors (Lipinski definition) is 2. The third kappa shape index (κ3) is 2.90. The number of hydrogen-bond acceptors (Lipinski definition) is 3. The molecule has 0 saturated heterocycles. The summed E-state index contributed by atoms with van der Waals surface area (Å²) >= 11 is 0. The summed E-state index contributed by atoms with van der Waals surface area (Å²) in [6, 6.07) is 7.98. The second-order valence-electron chi connectivity index (χ2n) is 3.58. The summed E-state index contributed by atoms with van der Waals surface area (Å²) in [6.07, 6.45) is 0.963. The monoisotopic (exact) mass is 235 g/mol. The minimum Gasteiger partial charge on any atom is -0.399 e. The maximum absolute atomic E-state index is 13.2. The molecule has 0 aliphatic heterocycles. The van der Waals surface area contributed by atoms with E-state index >= 15 is 0 Å². The highest BCUT2D eigenvalue weighted by molar-refractivity contribution is 5.43. The first-order valence-electron chi connectivity index (χ1n) is 5.04. The average molecular weight is 235 g/mol. The van der Waals surface area contributed by atoms with Crippen LogP contribution in [0.1, 0.15) is 5.56 Å². The molecule has 3 nitrogen and oxygen atoms in total. The number of nitrogens with one attached hydrogen (secondary N) is 1. The van der Waals surface area contributed by atoms with Crippen LogP contribution in [0.5, 0.6) is 0 Å². The second-order valence-corrected chi connectivity index (χ2v) is 3.58. The standard InChI is InChI=1S/C12H11F2N3/c13-9-5-11(14)12(17-7-9)16-6-8-2-1-3-10(15)4-8/h1-5,7H,6,15H2,(H,16,17). The molecule has 0 unspecified atom stereocenters. The summed E-state index contributed by atoms with van der Waals surface area (Å²) < 4.78 is 25.9. The Morgan fingerprint density at radius 2 is 2.06 bits per heavy atom. The van der Waals surface area contributed by atoms with Crippen LogP contribution < -0.4 is 11.1 Å². The zero-order valence-corrected chi connectivity index (χ0v) is 8.95. The van der Waals surface area contributed by atoms with Crippen LogP contribution in [0, 0.1) is 11.6 Å². The first kappa shape index (κ1) is 11.3. The lowest BCUT2D eigenvalue weighted by molar-refractivity contribution is 0.575. The van der Waals surface area contributed by atoms with Gasteiger partial charge in [-0.05, 0) is 17.7 Å². The van der Waals surface area contributed by atoms with Crippen molar-refractivity contribution in [3.63, 3.8) is 0 Å². The third-order valence-electron chi connectivity index (χ3n) is 2.22. The minimum absolute atomic E-state index is 0.0221. The predicted octanol–water partition coefficient (Wildman–Crippen LogP) is 2.55. The van der Waals surface area contributed by atoms with Crippen LogP contribution in [0.2, 0.25) is 0 Å². The Balaban J connectivity index is 2.07. The SMILES string of the molecule is Nc1cccc(CNc2ncc(F)cc2F)c1. The summed E-state index contributed by atoms with van der Waals surface area (Å²) in [5, 5.41) is 2.78. The first-order chi connectivity index (χ1) is 8.15. The number of nitrogens with two attached hydrogens (primary N) is 1. The lowest BCUT2D eigenvalue weighted by atomic mass is 10.2. The summed E-state index contributed by atoms with van der Waals surface area (Å²) in [7, 11) is 0. The number of benzene rings is 1. The highest BCUT2D eigenvalue weighted by Gasteiger charge is 2.04. The van der Waals surface area contributed by atoms with E-state index in [1.54, 1.807) is 18.2 Å². The van der Waals surface area contributed by atoms with Gasteiger partial charge < -0.3 is 11.1 Å². The van der Waals surface area contributed by atoms with Crippen LogP contribution in [0.3, 0.4) is 0 Å². The van der Waals surface area contributed by atoms with Gasteiger partial charge in [0.05, 0.1) is 6.20 Å². The van der Waals surface area contributed by atoms with E-state index in [0.29, 0.717) is 12.2 Å². The quantitative estimate of drug-likeness (QED) is 0.804. The number of nitrogens with zero attached hydrogens (tertiary/aromatic N) is 1. The van der Waals surface area contributed by atoms with E-state index in [4.69, 9.17) is 5.73 Å². The smallest absolute Gasteiger partial charge is 0.168 e. The molecule has 2 aromatic rings. The van der Waals surface area contributed by atoms with Crippen LogP contribution in [0.15, 0.2) is 36.5 Å². The molecular weight excluding hydrogens is 224 g/mol. The molecule has 1 heterocycles. The van der Waals surface area contributed by atoms with E-state index < -0.39 is 11.6 Å². The molecule has 1 aromatic heterocycles. The highest BCUT2D eigenvalue weighted by Crippen LogP contribution is 2.13. The maximum atomic E-state index is 13.2. The topological polar surface area (TPSA) is 50.9 Å². The molecule has 0 radical (unpaired) electrons. The van der Waals surface area contributed by atoms with Gasteiger partial charge in [0.25, 0.3) is 0 Å². The molecule has 0 saturated carbocycles. The Morgan fingerprint density at radius 3 is 2.76 bits per heavy atom. The van der Waals surface area contributed by atoms with E-state index in [0.717, 1.165) is 17.8 Å². The molecule has 0 fully saturated rings. The number of nitrogen functional groups attached to an aromatic ring is 1. The van der Waals surface area contributed by atoms with Gasteiger partial charge in [0.1, 0.15) is 5.82 Å². The molecule has 0 aliphatic rings. The molecule has 0 atom stereocenters. The van der Waals surface area contributed by atoms with Crippen LogP contribution in [0.4, 0.5) is 20.3 Å². The molecule has 0 amide bonds. The van der Waals surface area contributed by atoms with Crippen LogP contribution >= 0.6 is 0 Å². The summed E-state index contributed by atoms with van der Waals surface area (Å²) in [6.45, 7) is 0.376. The van der Waals surface area contributed by atoms with Crippen LogP contribution in [-0.4, -0.2) is 4.98 Å². The number of aromatic nitrogens is 1. The van der Waals surface area contributed by atoms with Gasteiger partial charge in [-0.3, -0.25) is 0 Å². The molecule has 5 heteroatoms. The summed E-state index contributed by atoms with van der Waals surface area (Å²) in [5.41, 5.74) is 7.14. The number of anilines is 2. The molecule has 2 rings (SSSR count). The molecule has 3 N–H and O–H groups in total. The Morgan fingerprint density at radius 1 is 1.24 bits per heavy atom. The van der Waals surface area contributed by atoms with E-state index in [2.05, 4.69) is 10.3 Å². The Bertz CT molecular complexity index is 529. The molecule has 17 heavy (non-hydrogen) atoms. The zero-order chi connectivity index (χ0) is 12.3. The van der Waals surface area contributed by atoms with Crippen molar-refractivity contribution in [2.45, 2.75) is 6.54 Å². The van der Waals surface area contributed by atoms with Crippen LogP contribution in [0.25, 0.3) is 0 Å². The zero-order valence-electron chi connectivity index (χ0n) is 8.95. The van der Waals surface area contributed by atoms with Gasteiger partial charge in [-0.25, -0.2) is 13.8 Å². The number of pyridine rings is 1.